The number of nitrogens with zero attached hydrogens (tertiary/aromatic N) is 4. The number of rotatable bonds is 4. The van der Waals surface area contributed by atoms with Gasteiger partial charge in [-0.1, -0.05) is 0 Å². The minimum Gasteiger partial charge on any atom is -0.391 e. The van der Waals surface area contributed by atoms with Gasteiger partial charge in [0.1, 0.15) is 0 Å². The summed E-state index contributed by atoms with van der Waals surface area (Å²) in [5.41, 5.74) is 0. The first-order chi connectivity index (χ1) is 5.72. The minimum absolute atomic E-state index is 0.439. The van der Waals surface area contributed by atoms with E-state index >= 15 is 0 Å². The van der Waals surface area contributed by atoms with Crippen molar-refractivity contribution in [3.63, 3.8) is 0 Å². The van der Waals surface area contributed by atoms with Crippen molar-refractivity contribution in [1.82, 2.24) is 25.5 Å². The third-order valence-electron chi connectivity index (χ3n) is 1.41. The van der Waals surface area contributed by atoms with Crippen molar-refractivity contribution in [3.05, 3.63) is 5.82 Å². The van der Waals surface area contributed by atoms with E-state index in [9.17, 15) is 5.11 Å². The molecule has 2 N–H and O–H groups in total. The fraction of sp³-hybridized carbons (Fsp3) is 0.833. The molecule has 0 fully saturated rings. The summed E-state index contributed by atoms with van der Waals surface area (Å²) in [6, 6.07) is 0. The molecule has 1 aromatic rings. The lowest BCUT2D eigenvalue weighted by atomic mass is 10.2. The molecule has 0 radical (unpaired) electrons. The highest BCUT2D eigenvalue weighted by Crippen LogP contribution is 1.92. The van der Waals surface area contributed by atoms with Crippen molar-refractivity contribution >= 4 is 0 Å². The maximum atomic E-state index is 9.33. The van der Waals surface area contributed by atoms with E-state index < -0.39 is 6.10 Å². The van der Waals surface area contributed by atoms with Crippen LogP contribution in [0.4, 0.5) is 0 Å². The molecule has 0 saturated heterocycles. The average molecular weight is 171 g/mol. The maximum absolute atomic E-state index is 9.33. The van der Waals surface area contributed by atoms with Gasteiger partial charge in [-0.3, -0.25) is 0 Å². The monoisotopic (exact) mass is 171 g/mol. The standard InChI is InChI=1S/C6H13N5O/c1-7-4-5(12)3-6-8-10-11(2)9-6/h5,7,12H,3-4H2,1-2H3. The molecule has 0 aromatic carbocycles. The van der Waals surface area contributed by atoms with Gasteiger partial charge < -0.3 is 10.4 Å². The first-order valence-corrected chi connectivity index (χ1v) is 3.78. The molecule has 6 heteroatoms. The second-order valence-corrected chi connectivity index (χ2v) is 2.61. The van der Waals surface area contributed by atoms with E-state index in [1.54, 1.807) is 14.1 Å². The van der Waals surface area contributed by atoms with Crippen LogP contribution in [0.15, 0.2) is 0 Å². The van der Waals surface area contributed by atoms with E-state index in [-0.39, 0.29) is 0 Å². The first-order valence-electron chi connectivity index (χ1n) is 3.78. The Morgan fingerprint density at radius 3 is 2.92 bits per heavy atom. The molecule has 1 unspecified atom stereocenters. The number of aromatic nitrogens is 4. The van der Waals surface area contributed by atoms with Crippen LogP contribution < -0.4 is 5.32 Å². The van der Waals surface area contributed by atoms with Gasteiger partial charge in [-0.15, -0.1) is 10.2 Å². The zero-order valence-corrected chi connectivity index (χ0v) is 7.23. The second kappa shape index (κ2) is 4.13. The second-order valence-electron chi connectivity index (χ2n) is 2.61. The minimum atomic E-state index is -0.445. The SMILES string of the molecule is CNCC(O)Cc1nnn(C)n1. The molecular formula is C6H13N5O. The Balaban J connectivity index is 2.41. The number of aliphatic hydroxyl groups excluding tert-OH is 1. The van der Waals surface area contributed by atoms with Gasteiger partial charge in [-0.25, -0.2) is 0 Å². The molecule has 1 heterocycles. The lowest BCUT2D eigenvalue weighted by Crippen LogP contribution is -2.25. The fourth-order valence-corrected chi connectivity index (χ4v) is 0.924. The Morgan fingerprint density at radius 1 is 1.67 bits per heavy atom. The molecule has 68 valence electrons. The van der Waals surface area contributed by atoms with Crippen LogP contribution in [0.2, 0.25) is 0 Å². The topological polar surface area (TPSA) is 75.9 Å². The molecule has 0 aliphatic rings. The number of aliphatic hydroxyl groups is 1. The number of tetrazole rings is 1. The van der Waals surface area contributed by atoms with Crippen LogP contribution in [0.5, 0.6) is 0 Å². The molecule has 0 saturated carbocycles. The van der Waals surface area contributed by atoms with Gasteiger partial charge in [0.25, 0.3) is 0 Å². The molecule has 1 rings (SSSR count). The summed E-state index contributed by atoms with van der Waals surface area (Å²) in [4.78, 5) is 1.38. The van der Waals surface area contributed by atoms with Crippen LogP contribution in [-0.2, 0) is 13.5 Å². The summed E-state index contributed by atoms with van der Waals surface area (Å²) in [6.45, 7) is 0.540. The zero-order valence-electron chi connectivity index (χ0n) is 7.23. The van der Waals surface area contributed by atoms with Crippen LogP contribution in [0.1, 0.15) is 5.82 Å². The molecule has 0 bridgehead atoms. The number of hydrogen-bond acceptors (Lipinski definition) is 5. The Hall–Kier alpha value is -1.01. The van der Waals surface area contributed by atoms with Crippen molar-refractivity contribution in [2.24, 2.45) is 7.05 Å². The Morgan fingerprint density at radius 2 is 2.42 bits per heavy atom. The van der Waals surface area contributed by atoms with Gasteiger partial charge in [-0.05, 0) is 12.3 Å². The zero-order chi connectivity index (χ0) is 8.97. The van der Waals surface area contributed by atoms with Crippen molar-refractivity contribution in [3.8, 4) is 0 Å². The molecule has 1 aromatic heterocycles. The number of nitrogens with one attached hydrogen (secondary N) is 1. The van der Waals surface area contributed by atoms with Gasteiger partial charge in [0.2, 0.25) is 0 Å². The van der Waals surface area contributed by atoms with Gasteiger partial charge in [-0.2, -0.15) is 4.80 Å². The maximum Gasteiger partial charge on any atom is 0.177 e. The highest BCUT2D eigenvalue weighted by atomic mass is 16.3. The number of likely N-dealkylation sites (N-methyl/N-ethyl adjacent to an activating group) is 1. The Labute approximate surface area is 70.6 Å². The van der Waals surface area contributed by atoms with Gasteiger partial charge in [0.05, 0.1) is 13.2 Å². The molecule has 0 spiro atoms. The van der Waals surface area contributed by atoms with Crippen LogP contribution in [0.25, 0.3) is 0 Å². The Kier molecular flexibility index (Phi) is 3.12. The first kappa shape index (κ1) is 9.08. The summed E-state index contributed by atoms with van der Waals surface area (Å²) in [7, 11) is 3.48. The highest BCUT2D eigenvalue weighted by molar-refractivity contribution is 4.81. The molecule has 0 aliphatic heterocycles. The predicted octanol–water partition coefficient (Wildman–Crippen LogP) is -1.67. The predicted molar refractivity (Wildman–Crippen MR) is 42.4 cm³/mol. The van der Waals surface area contributed by atoms with E-state index in [1.165, 1.54) is 4.80 Å². The summed E-state index contributed by atoms with van der Waals surface area (Å²) in [5, 5.41) is 23.5. The van der Waals surface area contributed by atoms with Crippen molar-refractivity contribution in [2.45, 2.75) is 12.5 Å². The molecule has 0 aliphatic carbocycles. The Bertz CT molecular complexity index is 236. The molecular weight excluding hydrogens is 158 g/mol. The summed E-state index contributed by atoms with van der Waals surface area (Å²) in [6.07, 6.45) is -0.00602. The highest BCUT2D eigenvalue weighted by Gasteiger charge is 2.07. The normalized spacial score (nSPS) is 13.2. The van der Waals surface area contributed by atoms with Gasteiger partial charge >= 0.3 is 0 Å². The summed E-state index contributed by atoms with van der Waals surface area (Å²) < 4.78 is 0. The lowest BCUT2D eigenvalue weighted by Gasteiger charge is -2.05. The number of hydrogen-bond donors (Lipinski definition) is 2. The van der Waals surface area contributed by atoms with Crippen molar-refractivity contribution in [1.29, 1.82) is 0 Å². The van der Waals surface area contributed by atoms with E-state index in [0.717, 1.165) is 0 Å². The third-order valence-corrected chi connectivity index (χ3v) is 1.41. The molecule has 6 nitrogen and oxygen atoms in total. The molecule has 12 heavy (non-hydrogen) atoms. The van der Waals surface area contributed by atoms with E-state index in [0.29, 0.717) is 18.8 Å². The average Bonchev–Trinajstić information content (AvgIpc) is 2.36. The van der Waals surface area contributed by atoms with Gasteiger partial charge in [0.15, 0.2) is 5.82 Å². The van der Waals surface area contributed by atoms with Crippen molar-refractivity contribution < 1.29 is 5.11 Å². The van der Waals surface area contributed by atoms with Crippen molar-refractivity contribution in [2.75, 3.05) is 13.6 Å². The van der Waals surface area contributed by atoms with Crippen LogP contribution in [0, 0.1) is 0 Å². The van der Waals surface area contributed by atoms with E-state index in [1.807, 2.05) is 0 Å². The quantitative estimate of drug-likeness (QED) is 0.566. The van der Waals surface area contributed by atoms with Gasteiger partial charge in [0, 0.05) is 13.0 Å². The van der Waals surface area contributed by atoms with Crippen LogP contribution in [0.3, 0.4) is 0 Å². The molecule has 1 atom stereocenters. The van der Waals surface area contributed by atoms with Crippen LogP contribution in [-0.4, -0.2) is 45.0 Å². The van der Waals surface area contributed by atoms with E-state index in [2.05, 4.69) is 20.7 Å². The van der Waals surface area contributed by atoms with E-state index in [4.69, 9.17) is 0 Å². The molecule has 0 amide bonds. The third kappa shape index (κ3) is 2.55. The largest absolute Gasteiger partial charge is 0.391 e. The lowest BCUT2D eigenvalue weighted by molar-refractivity contribution is 0.172. The summed E-state index contributed by atoms with van der Waals surface area (Å²) in [5.74, 6) is 0.570. The number of aryl methyl sites for hydroxylation is 1. The smallest absolute Gasteiger partial charge is 0.177 e. The van der Waals surface area contributed by atoms with Crippen LogP contribution >= 0.6 is 0 Å². The summed E-state index contributed by atoms with van der Waals surface area (Å²) >= 11 is 0. The fourth-order valence-electron chi connectivity index (χ4n) is 0.924.